The van der Waals surface area contributed by atoms with E-state index in [2.05, 4.69) is 20.8 Å². The van der Waals surface area contributed by atoms with Crippen LogP contribution in [0.3, 0.4) is 0 Å². The number of carbonyl (C=O) groups excluding carboxylic acids is 4. The van der Waals surface area contributed by atoms with Gasteiger partial charge in [0.2, 0.25) is 5.91 Å². The lowest BCUT2D eigenvalue weighted by molar-refractivity contribution is -0.145. The highest BCUT2D eigenvalue weighted by molar-refractivity contribution is 8.00. The second-order valence-electron chi connectivity index (χ2n) is 6.67. The number of halogens is 1. The van der Waals surface area contributed by atoms with Crippen molar-refractivity contribution in [3.63, 3.8) is 0 Å². The number of thiazole rings is 1. The number of anilines is 1. The van der Waals surface area contributed by atoms with Crippen LogP contribution in [-0.4, -0.2) is 76.1 Å². The maximum atomic E-state index is 12.9. The second-order valence-corrected chi connectivity index (χ2v) is 8.90. The van der Waals surface area contributed by atoms with Gasteiger partial charge in [0.25, 0.3) is 11.8 Å². The summed E-state index contributed by atoms with van der Waals surface area (Å²) in [6, 6.07) is -0.756. The predicted molar refractivity (Wildman–Crippen MR) is 119 cm³/mol. The molecule has 0 saturated carbocycles. The number of carbonyl (C=O) groups is 4. The van der Waals surface area contributed by atoms with E-state index in [0.717, 1.165) is 22.6 Å². The van der Waals surface area contributed by atoms with Crippen molar-refractivity contribution in [2.24, 2.45) is 5.16 Å². The molecule has 2 N–H and O–H groups in total. The fourth-order valence-corrected chi connectivity index (χ4v) is 5.25. The molecule has 3 rings (SSSR count). The minimum atomic E-state index is -0.756. The average molecular weight is 502 g/mol. The first-order chi connectivity index (χ1) is 15.3. The van der Waals surface area contributed by atoms with E-state index in [1.165, 1.54) is 31.2 Å². The molecule has 172 valence electrons. The van der Waals surface area contributed by atoms with E-state index in [4.69, 9.17) is 21.2 Å². The summed E-state index contributed by atoms with van der Waals surface area (Å²) in [5.74, 6) is -1.42. The summed E-state index contributed by atoms with van der Waals surface area (Å²) < 4.78 is 5.04. The van der Waals surface area contributed by atoms with E-state index in [1.807, 2.05) is 0 Å². The van der Waals surface area contributed by atoms with Crippen LogP contribution in [-0.2, 0) is 28.8 Å². The minimum absolute atomic E-state index is 0.124. The van der Waals surface area contributed by atoms with Crippen LogP contribution in [0.2, 0.25) is 0 Å². The van der Waals surface area contributed by atoms with Crippen molar-refractivity contribution < 1.29 is 28.8 Å². The number of fused-ring (bicyclic) bond motifs is 1. The molecule has 0 aliphatic carbocycles. The third-order valence-corrected chi connectivity index (χ3v) is 6.93. The molecule has 0 radical (unpaired) electrons. The summed E-state index contributed by atoms with van der Waals surface area (Å²) in [5, 5.41) is 10.4. The van der Waals surface area contributed by atoms with Crippen molar-refractivity contribution in [3.05, 3.63) is 22.3 Å². The van der Waals surface area contributed by atoms with Gasteiger partial charge in [-0.05, 0) is 12.5 Å². The van der Waals surface area contributed by atoms with Crippen LogP contribution in [0.15, 0.2) is 21.8 Å². The molecule has 1 fully saturated rings. The molecule has 14 heteroatoms. The van der Waals surface area contributed by atoms with Crippen molar-refractivity contribution in [2.45, 2.75) is 25.3 Å². The summed E-state index contributed by atoms with van der Waals surface area (Å²) in [6.45, 7) is 3.23. The lowest BCUT2D eigenvalue weighted by Crippen LogP contribution is -2.70. The van der Waals surface area contributed by atoms with Crippen LogP contribution in [0, 0.1) is 0 Å². The number of thioether (sulfide) groups is 1. The number of amides is 3. The molecular formula is C18H20ClN5O6S2. The zero-order valence-electron chi connectivity index (χ0n) is 17.3. The van der Waals surface area contributed by atoms with Gasteiger partial charge in [-0.25, -0.2) is 4.98 Å². The SMILES string of the molecule is CON=C(C(=O)N[C@@H]1C(=O)N2C(C)=C(COC(C)=O)CS[C@H]12)c1csc(NC(=O)CCl)n1. The molecular weight excluding hydrogens is 482 g/mol. The Morgan fingerprint density at radius 1 is 1.41 bits per heavy atom. The van der Waals surface area contributed by atoms with Gasteiger partial charge in [-0.3, -0.25) is 24.1 Å². The Bertz CT molecular complexity index is 1010. The number of allylic oxidation sites excluding steroid dienone is 1. The third-order valence-electron chi connectivity index (χ3n) is 4.59. The summed E-state index contributed by atoms with van der Waals surface area (Å²) in [4.78, 5) is 58.5. The van der Waals surface area contributed by atoms with Crippen LogP contribution in [0.5, 0.6) is 0 Å². The predicted octanol–water partition coefficient (Wildman–Crippen LogP) is 0.908. The number of oxime groups is 1. The van der Waals surface area contributed by atoms with E-state index in [0.29, 0.717) is 5.75 Å². The fourth-order valence-electron chi connectivity index (χ4n) is 3.02. The van der Waals surface area contributed by atoms with Gasteiger partial charge in [0.1, 0.15) is 36.7 Å². The number of hydrogen-bond acceptors (Lipinski definition) is 10. The highest BCUT2D eigenvalue weighted by atomic mass is 35.5. The van der Waals surface area contributed by atoms with Crippen molar-refractivity contribution in [1.82, 2.24) is 15.2 Å². The van der Waals surface area contributed by atoms with Crippen molar-refractivity contribution in [3.8, 4) is 0 Å². The topological polar surface area (TPSA) is 139 Å². The number of nitrogens with zero attached hydrogens (tertiary/aromatic N) is 3. The zero-order valence-corrected chi connectivity index (χ0v) is 19.7. The highest BCUT2D eigenvalue weighted by Gasteiger charge is 2.52. The van der Waals surface area contributed by atoms with E-state index in [1.54, 1.807) is 11.8 Å². The number of alkyl halides is 1. The number of esters is 1. The van der Waals surface area contributed by atoms with E-state index in [-0.39, 0.29) is 40.3 Å². The molecule has 0 spiro atoms. The highest BCUT2D eigenvalue weighted by Crippen LogP contribution is 2.40. The Hall–Kier alpha value is -2.64. The largest absolute Gasteiger partial charge is 0.461 e. The summed E-state index contributed by atoms with van der Waals surface area (Å²) in [6.07, 6.45) is 0. The second kappa shape index (κ2) is 10.3. The molecule has 2 atom stereocenters. The Labute approximate surface area is 196 Å². The van der Waals surface area contributed by atoms with Gasteiger partial charge in [0, 0.05) is 23.8 Å². The number of ether oxygens (including phenoxy) is 1. The molecule has 0 unspecified atom stereocenters. The molecule has 2 aliphatic heterocycles. The monoisotopic (exact) mass is 501 g/mol. The molecule has 1 aromatic heterocycles. The summed E-state index contributed by atoms with van der Waals surface area (Å²) >= 11 is 8.02. The first-order valence-corrected chi connectivity index (χ1v) is 11.7. The third kappa shape index (κ3) is 5.05. The van der Waals surface area contributed by atoms with Crippen LogP contribution < -0.4 is 10.6 Å². The van der Waals surface area contributed by atoms with Crippen LogP contribution in [0.25, 0.3) is 0 Å². The molecule has 3 amide bonds. The standard InChI is InChI=1S/C18H20ClN5O6S2/c1-8-10(5-30-9(2)25)6-31-17-14(16(28)24(8)17)22-15(27)13(23-29-3)11-7-32-18(20-11)21-12(26)4-19/h7,14,17H,4-6H2,1-3H3,(H,22,27)(H,20,21,26)/t14-,17-/m1/s1. The lowest BCUT2D eigenvalue weighted by Gasteiger charge is -2.50. The Balaban J connectivity index is 1.69. The van der Waals surface area contributed by atoms with Gasteiger partial charge in [0.15, 0.2) is 10.8 Å². The number of hydrogen-bond donors (Lipinski definition) is 2. The average Bonchev–Trinajstić information content (AvgIpc) is 3.21. The summed E-state index contributed by atoms with van der Waals surface area (Å²) in [5.41, 5.74) is 1.61. The number of nitrogens with one attached hydrogen (secondary N) is 2. The molecule has 32 heavy (non-hydrogen) atoms. The lowest BCUT2D eigenvalue weighted by atomic mass is 10.0. The van der Waals surface area contributed by atoms with Gasteiger partial charge in [-0.15, -0.1) is 34.7 Å². The number of β-lactam (4-membered cyclic amide) rings is 1. The minimum Gasteiger partial charge on any atom is -0.461 e. The van der Waals surface area contributed by atoms with Crippen LogP contribution in [0.4, 0.5) is 5.13 Å². The Morgan fingerprint density at radius 3 is 2.81 bits per heavy atom. The van der Waals surface area contributed by atoms with Crippen molar-refractivity contribution in [1.29, 1.82) is 0 Å². The molecule has 0 aromatic carbocycles. The van der Waals surface area contributed by atoms with Crippen molar-refractivity contribution in [2.75, 3.05) is 30.7 Å². The molecule has 1 saturated heterocycles. The zero-order chi connectivity index (χ0) is 23.4. The van der Waals surface area contributed by atoms with E-state index in [9.17, 15) is 19.2 Å². The molecule has 1 aromatic rings. The molecule has 2 aliphatic rings. The maximum absolute atomic E-state index is 12.9. The summed E-state index contributed by atoms with van der Waals surface area (Å²) in [7, 11) is 1.28. The van der Waals surface area contributed by atoms with Crippen LogP contribution >= 0.6 is 34.7 Å². The van der Waals surface area contributed by atoms with E-state index < -0.39 is 23.8 Å². The quantitative estimate of drug-likeness (QED) is 0.176. The van der Waals surface area contributed by atoms with Gasteiger partial charge in [-0.2, -0.15) is 0 Å². The molecule has 3 heterocycles. The first-order valence-electron chi connectivity index (χ1n) is 9.27. The van der Waals surface area contributed by atoms with Crippen molar-refractivity contribution >= 4 is 69.2 Å². The van der Waals surface area contributed by atoms with Gasteiger partial charge in [0.05, 0.1) is 0 Å². The normalized spacial score (nSPS) is 20.3. The van der Waals surface area contributed by atoms with Gasteiger partial charge in [-0.1, -0.05) is 5.16 Å². The van der Waals surface area contributed by atoms with Gasteiger partial charge < -0.3 is 20.2 Å². The maximum Gasteiger partial charge on any atom is 0.302 e. The Morgan fingerprint density at radius 2 is 2.16 bits per heavy atom. The first kappa shape index (κ1) is 24.0. The number of aromatic nitrogens is 1. The Kier molecular flexibility index (Phi) is 7.74. The van der Waals surface area contributed by atoms with Crippen LogP contribution in [0.1, 0.15) is 19.5 Å². The fraction of sp³-hybridized carbons (Fsp3) is 0.444. The molecule has 11 nitrogen and oxygen atoms in total. The number of rotatable bonds is 8. The van der Waals surface area contributed by atoms with Gasteiger partial charge >= 0.3 is 5.97 Å². The van der Waals surface area contributed by atoms with E-state index >= 15 is 0 Å². The molecule has 0 bridgehead atoms. The smallest absolute Gasteiger partial charge is 0.302 e.